The maximum absolute atomic E-state index is 13.2. The number of carbonyl (C=O) groups is 1. The molecule has 0 bridgehead atoms. The minimum absolute atomic E-state index is 0.0543. The molecule has 41 heavy (non-hydrogen) atoms. The van der Waals surface area contributed by atoms with Crippen LogP contribution in [0.4, 0.5) is 11.4 Å². The lowest BCUT2D eigenvalue weighted by atomic mass is 9.98. The largest absolute Gasteiger partial charge is 0.493 e. The zero-order chi connectivity index (χ0) is 29.7. The van der Waals surface area contributed by atoms with Crippen LogP contribution in [0.5, 0.6) is 11.5 Å². The molecule has 4 aromatic rings. The molecule has 1 N–H and O–H groups in total. The minimum atomic E-state index is -0.643. The van der Waals surface area contributed by atoms with Crippen LogP contribution in [0.3, 0.4) is 0 Å². The lowest BCUT2D eigenvalue weighted by Crippen LogP contribution is -2.23. The van der Waals surface area contributed by atoms with E-state index in [4.69, 9.17) is 14.5 Å². The number of nitriles is 1. The summed E-state index contributed by atoms with van der Waals surface area (Å²) in [5.74, 6) is 0.748. The van der Waals surface area contributed by atoms with E-state index in [1.54, 1.807) is 40.2 Å². The molecule has 0 spiro atoms. The molecule has 208 valence electrons. The van der Waals surface area contributed by atoms with Crippen molar-refractivity contribution in [3.8, 4) is 40.0 Å². The van der Waals surface area contributed by atoms with Gasteiger partial charge in [-0.1, -0.05) is 47.7 Å². The maximum atomic E-state index is 13.2. The van der Waals surface area contributed by atoms with Crippen LogP contribution >= 0.6 is 11.8 Å². The summed E-state index contributed by atoms with van der Waals surface area (Å²) in [6, 6.07) is 21.7. The van der Waals surface area contributed by atoms with Gasteiger partial charge in [-0.3, -0.25) is 14.9 Å². The van der Waals surface area contributed by atoms with E-state index in [0.717, 1.165) is 28.5 Å². The van der Waals surface area contributed by atoms with E-state index in [0.29, 0.717) is 44.6 Å². The van der Waals surface area contributed by atoms with Gasteiger partial charge in [-0.2, -0.15) is 5.26 Å². The number of anilines is 1. The lowest BCUT2D eigenvalue weighted by Gasteiger charge is -2.17. The summed E-state index contributed by atoms with van der Waals surface area (Å²) in [7, 11) is 3.10. The molecular weight excluding hydrogens is 540 g/mol. The van der Waals surface area contributed by atoms with Gasteiger partial charge in [-0.25, -0.2) is 4.98 Å². The fourth-order valence-corrected chi connectivity index (χ4v) is 5.10. The van der Waals surface area contributed by atoms with Crippen molar-refractivity contribution in [1.82, 2.24) is 4.98 Å². The van der Waals surface area contributed by atoms with Gasteiger partial charge < -0.3 is 14.8 Å². The fourth-order valence-electron chi connectivity index (χ4n) is 4.18. The van der Waals surface area contributed by atoms with Crippen LogP contribution in [0, 0.1) is 35.3 Å². The SMILES string of the molecule is COc1ccc(-c2cc(-c3ccc(C)cc3)nc(S[C@H](C)C(=O)Nc3ccc([N+](=O)[O-])cc3C)c2C#N)cc1OC. The Morgan fingerprint density at radius 3 is 2.29 bits per heavy atom. The maximum Gasteiger partial charge on any atom is 0.269 e. The van der Waals surface area contributed by atoms with Gasteiger partial charge in [0, 0.05) is 28.9 Å². The molecule has 1 heterocycles. The Hall–Kier alpha value is -4.88. The summed E-state index contributed by atoms with van der Waals surface area (Å²) in [6.45, 7) is 5.41. The second kappa shape index (κ2) is 12.5. The first-order valence-electron chi connectivity index (χ1n) is 12.6. The quantitative estimate of drug-likeness (QED) is 0.131. The van der Waals surface area contributed by atoms with E-state index in [1.165, 1.54) is 18.2 Å². The van der Waals surface area contributed by atoms with Crippen LogP contribution in [0.2, 0.25) is 0 Å². The van der Waals surface area contributed by atoms with Gasteiger partial charge in [-0.15, -0.1) is 0 Å². The van der Waals surface area contributed by atoms with E-state index < -0.39 is 10.2 Å². The van der Waals surface area contributed by atoms with Gasteiger partial charge in [0.1, 0.15) is 11.1 Å². The number of pyridine rings is 1. The second-order valence-corrected chi connectivity index (χ2v) is 10.6. The number of carbonyl (C=O) groups excluding carboxylic acids is 1. The molecule has 0 aliphatic carbocycles. The van der Waals surface area contributed by atoms with E-state index in [1.807, 2.05) is 43.3 Å². The van der Waals surface area contributed by atoms with Crippen molar-refractivity contribution in [3.63, 3.8) is 0 Å². The zero-order valence-corrected chi connectivity index (χ0v) is 24.0. The number of nitrogens with zero attached hydrogens (tertiary/aromatic N) is 3. The molecule has 10 heteroatoms. The summed E-state index contributed by atoms with van der Waals surface area (Å²) >= 11 is 1.16. The predicted molar refractivity (Wildman–Crippen MR) is 159 cm³/mol. The number of hydrogen-bond donors (Lipinski definition) is 1. The number of non-ortho nitro benzene ring substituents is 1. The number of hydrogen-bond acceptors (Lipinski definition) is 8. The van der Waals surface area contributed by atoms with Crippen LogP contribution in [-0.2, 0) is 4.79 Å². The van der Waals surface area contributed by atoms with Gasteiger partial charge in [0.2, 0.25) is 5.91 Å². The first-order valence-corrected chi connectivity index (χ1v) is 13.5. The number of nitro benzene ring substituents is 1. The highest BCUT2D eigenvalue weighted by atomic mass is 32.2. The number of nitro groups is 1. The molecule has 0 saturated heterocycles. The van der Waals surface area contributed by atoms with E-state index in [9.17, 15) is 20.2 Å². The fraction of sp³-hybridized carbons (Fsp3) is 0.194. The number of rotatable bonds is 9. The van der Waals surface area contributed by atoms with E-state index in [-0.39, 0.29) is 11.6 Å². The van der Waals surface area contributed by atoms with Crippen LogP contribution in [-0.4, -0.2) is 35.3 Å². The molecule has 4 rings (SSSR count). The first-order chi connectivity index (χ1) is 19.6. The molecular formula is C31H28N4O5S. The molecule has 0 saturated carbocycles. The minimum Gasteiger partial charge on any atom is -0.493 e. The smallest absolute Gasteiger partial charge is 0.269 e. The third kappa shape index (κ3) is 6.48. The molecule has 0 radical (unpaired) electrons. The average molecular weight is 569 g/mol. The number of thioether (sulfide) groups is 1. The Kier molecular flexibility index (Phi) is 8.90. The lowest BCUT2D eigenvalue weighted by molar-refractivity contribution is -0.384. The summed E-state index contributed by atoms with van der Waals surface area (Å²) in [5, 5.41) is 23.9. The number of amides is 1. The number of methoxy groups -OCH3 is 2. The monoisotopic (exact) mass is 568 g/mol. The Bertz CT molecular complexity index is 1660. The third-order valence-corrected chi connectivity index (χ3v) is 7.56. The van der Waals surface area contributed by atoms with Gasteiger partial charge in [0.05, 0.1) is 35.7 Å². The van der Waals surface area contributed by atoms with Crippen LogP contribution < -0.4 is 14.8 Å². The van der Waals surface area contributed by atoms with Crippen molar-refractivity contribution < 1.29 is 19.2 Å². The highest BCUT2D eigenvalue weighted by Crippen LogP contribution is 2.39. The van der Waals surface area contributed by atoms with Gasteiger partial charge >= 0.3 is 0 Å². The standard InChI is InChI=1S/C31H28N4O5S/c1-18-6-8-21(9-7-18)27-16-24(22-10-13-28(39-4)29(15-22)40-5)25(17-32)31(34-27)41-20(3)30(36)33-26-12-11-23(35(37)38)14-19(26)2/h6-16,20H,1-5H3,(H,33,36)/t20-/m1/s1. The molecule has 1 aromatic heterocycles. The molecule has 0 unspecified atom stereocenters. The topological polar surface area (TPSA) is 127 Å². The molecule has 1 atom stereocenters. The van der Waals surface area contributed by atoms with Gasteiger partial charge in [0.15, 0.2) is 11.5 Å². The van der Waals surface area contributed by atoms with Crippen molar-refractivity contribution in [1.29, 1.82) is 5.26 Å². The summed E-state index contributed by atoms with van der Waals surface area (Å²) in [5.41, 5.74) is 5.29. The normalized spacial score (nSPS) is 11.3. The zero-order valence-electron chi connectivity index (χ0n) is 23.2. The van der Waals surface area contributed by atoms with Crippen molar-refractivity contribution in [3.05, 3.63) is 93.5 Å². The molecule has 0 aliphatic heterocycles. The third-order valence-electron chi connectivity index (χ3n) is 6.48. The number of aromatic nitrogens is 1. The molecule has 3 aromatic carbocycles. The Balaban J connectivity index is 1.75. The van der Waals surface area contributed by atoms with Crippen LogP contribution in [0.1, 0.15) is 23.6 Å². The van der Waals surface area contributed by atoms with E-state index >= 15 is 0 Å². The van der Waals surface area contributed by atoms with Gasteiger partial charge in [-0.05, 0) is 56.2 Å². The Labute approximate surface area is 242 Å². The molecule has 0 fully saturated rings. The molecule has 1 amide bonds. The first kappa shape index (κ1) is 29.1. The van der Waals surface area contributed by atoms with Crippen molar-refractivity contribution >= 4 is 29.0 Å². The average Bonchev–Trinajstić information content (AvgIpc) is 2.97. The summed E-state index contributed by atoms with van der Waals surface area (Å²) in [4.78, 5) is 28.6. The Morgan fingerprint density at radius 2 is 1.68 bits per heavy atom. The molecule has 9 nitrogen and oxygen atoms in total. The molecule has 0 aliphatic rings. The van der Waals surface area contributed by atoms with Crippen molar-refractivity contribution in [2.75, 3.05) is 19.5 Å². The van der Waals surface area contributed by atoms with Crippen molar-refractivity contribution in [2.24, 2.45) is 0 Å². The van der Waals surface area contributed by atoms with Crippen LogP contribution in [0.15, 0.2) is 71.8 Å². The summed E-state index contributed by atoms with van der Waals surface area (Å²) in [6.07, 6.45) is 0. The van der Waals surface area contributed by atoms with E-state index in [2.05, 4.69) is 11.4 Å². The van der Waals surface area contributed by atoms with Crippen molar-refractivity contribution in [2.45, 2.75) is 31.0 Å². The second-order valence-electron chi connectivity index (χ2n) is 9.29. The highest BCUT2D eigenvalue weighted by molar-refractivity contribution is 8.00. The van der Waals surface area contributed by atoms with Gasteiger partial charge in [0.25, 0.3) is 5.69 Å². The predicted octanol–water partition coefficient (Wildman–Crippen LogP) is 6.95. The number of benzene rings is 3. The highest BCUT2D eigenvalue weighted by Gasteiger charge is 2.23. The number of aryl methyl sites for hydroxylation is 2. The summed E-state index contributed by atoms with van der Waals surface area (Å²) < 4.78 is 10.9. The van der Waals surface area contributed by atoms with Crippen LogP contribution in [0.25, 0.3) is 22.4 Å². The number of ether oxygens (including phenoxy) is 2. The Morgan fingerprint density at radius 1 is 1.00 bits per heavy atom. The number of nitrogens with one attached hydrogen (secondary N) is 1.